The molecule has 0 spiro atoms. The number of aliphatic hydroxyl groups is 1. The molecule has 0 aliphatic heterocycles. The highest BCUT2D eigenvalue weighted by Crippen LogP contribution is 2.45. The molecule has 568 valence electrons. The van der Waals surface area contributed by atoms with E-state index >= 15 is 0 Å². The van der Waals surface area contributed by atoms with Crippen molar-refractivity contribution in [1.29, 1.82) is 0 Å². The number of carbonyl (C=O) groups is 4. The summed E-state index contributed by atoms with van der Waals surface area (Å²) in [6.45, 7) is 4.35. The van der Waals surface area contributed by atoms with Crippen molar-refractivity contribution in [2.75, 3.05) is 39.6 Å². The number of phosphoric acid groups is 2. The number of esters is 4. The van der Waals surface area contributed by atoms with Crippen molar-refractivity contribution in [1.82, 2.24) is 0 Å². The number of ether oxygens (including phenoxy) is 4. The van der Waals surface area contributed by atoms with Gasteiger partial charge in [-0.3, -0.25) is 37.3 Å². The van der Waals surface area contributed by atoms with Crippen molar-refractivity contribution >= 4 is 39.5 Å². The first-order valence-electron chi connectivity index (χ1n) is 37.7. The van der Waals surface area contributed by atoms with Crippen LogP contribution in [0.5, 0.6) is 0 Å². The predicted molar refractivity (Wildman–Crippen MR) is 408 cm³/mol. The summed E-state index contributed by atoms with van der Waals surface area (Å²) in [5.74, 6) is -2.45. The molecule has 0 fully saturated rings. The zero-order valence-corrected chi connectivity index (χ0v) is 63.6. The third kappa shape index (κ3) is 71.1. The Hall–Kier alpha value is -5.32. The number of carbonyl (C=O) groups excluding carboxylic acids is 4. The molecule has 5 atom stereocenters. The topological polar surface area (TPSA) is 237 Å². The van der Waals surface area contributed by atoms with Gasteiger partial charge in [-0.05, 0) is 135 Å². The van der Waals surface area contributed by atoms with Crippen molar-refractivity contribution in [2.45, 2.75) is 290 Å². The summed E-state index contributed by atoms with van der Waals surface area (Å²) in [4.78, 5) is 72.7. The van der Waals surface area contributed by atoms with E-state index in [1.54, 1.807) is 12.2 Å². The van der Waals surface area contributed by atoms with E-state index in [9.17, 15) is 43.2 Å². The van der Waals surface area contributed by atoms with Gasteiger partial charge in [-0.1, -0.05) is 269 Å². The molecule has 0 amide bonds. The van der Waals surface area contributed by atoms with Crippen molar-refractivity contribution in [3.05, 3.63) is 158 Å². The molecular formula is C81H132O17P2. The fourth-order valence-corrected chi connectivity index (χ4v) is 10.9. The molecule has 0 saturated carbocycles. The number of hydrogen-bond acceptors (Lipinski definition) is 15. The lowest BCUT2D eigenvalue weighted by atomic mass is 10.1. The molecule has 0 aliphatic rings. The normalized spacial score (nSPS) is 14.8. The van der Waals surface area contributed by atoms with Gasteiger partial charge in [0.2, 0.25) is 0 Å². The molecule has 5 unspecified atom stereocenters. The lowest BCUT2D eigenvalue weighted by Gasteiger charge is -2.21. The van der Waals surface area contributed by atoms with Gasteiger partial charge in [-0.2, -0.15) is 0 Å². The summed E-state index contributed by atoms with van der Waals surface area (Å²) in [6.07, 6.45) is 83.0. The van der Waals surface area contributed by atoms with Crippen molar-refractivity contribution in [3.8, 4) is 0 Å². The maximum Gasteiger partial charge on any atom is 0.472 e. The summed E-state index contributed by atoms with van der Waals surface area (Å²) in [5, 5.41) is 10.6. The van der Waals surface area contributed by atoms with Gasteiger partial charge in [-0.15, -0.1) is 0 Å². The van der Waals surface area contributed by atoms with Crippen LogP contribution in [0.15, 0.2) is 158 Å². The van der Waals surface area contributed by atoms with E-state index in [0.29, 0.717) is 32.1 Å². The number of allylic oxidation sites excluding steroid dienone is 25. The highest BCUT2D eigenvalue weighted by Gasteiger charge is 2.30. The van der Waals surface area contributed by atoms with E-state index in [2.05, 4.69) is 143 Å². The van der Waals surface area contributed by atoms with Crippen LogP contribution >= 0.6 is 15.6 Å². The van der Waals surface area contributed by atoms with Gasteiger partial charge in [-0.25, -0.2) is 9.13 Å². The molecule has 0 aromatic carbocycles. The van der Waals surface area contributed by atoms with E-state index in [1.165, 1.54) is 51.4 Å². The number of aliphatic hydroxyl groups excluding tert-OH is 1. The van der Waals surface area contributed by atoms with Crippen LogP contribution in [-0.2, 0) is 65.4 Å². The Bertz CT molecular complexity index is 2520. The third-order valence-electron chi connectivity index (χ3n) is 15.0. The Labute approximate surface area is 604 Å². The molecule has 0 radical (unpaired) electrons. The fourth-order valence-electron chi connectivity index (χ4n) is 9.30. The quantitative estimate of drug-likeness (QED) is 0.0169. The van der Waals surface area contributed by atoms with Gasteiger partial charge >= 0.3 is 39.5 Å². The molecule has 0 aromatic heterocycles. The van der Waals surface area contributed by atoms with E-state index < -0.39 is 97.5 Å². The molecule has 0 aromatic rings. The number of unbranched alkanes of at least 4 members (excludes halogenated alkanes) is 18. The predicted octanol–water partition coefficient (Wildman–Crippen LogP) is 21.7. The Morgan fingerprint density at radius 1 is 0.300 bits per heavy atom. The second-order valence-corrected chi connectivity index (χ2v) is 27.4. The number of hydrogen-bond donors (Lipinski definition) is 3. The minimum Gasteiger partial charge on any atom is -0.462 e. The third-order valence-corrected chi connectivity index (χ3v) is 16.9. The lowest BCUT2D eigenvalue weighted by molar-refractivity contribution is -0.161. The summed E-state index contributed by atoms with van der Waals surface area (Å²) in [5.41, 5.74) is 0. The van der Waals surface area contributed by atoms with Gasteiger partial charge in [0.25, 0.3) is 0 Å². The SMILES string of the molecule is CC/C=C\C/C=C\C/C=C\C/C=C\C/C=C\C/C=C\CCC(=O)OCC(COP(=O)(O)OCC(O)COP(=O)(O)OCC(COC(=O)CCCCCCC/C=C\CCCCCCCC)OC(=O)CCCCCCC/C=C\CCCC)OC(=O)C/C=C\C/C=C\C/C=C\C/C=C\C/C=C\CC. The minimum absolute atomic E-state index is 0.0110. The zero-order chi connectivity index (χ0) is 73.2. The Balaban J connectivity index is 5.48. The van der Waals surface area contributed by atoms with Crippen LogP contribution in [0.1, 0.15) is 272 Å². The fraction of sp³-hybridized carbons (Fsp3) is 0.630. The van der Waals surface area contributed by atoms with Gasteiger partial charge in [0.15, 0.2) is 12.2 Å². The average Bonchev–Trinajstić information content (AvgIpc) is 0.985. The molecule has 19 heteroatoms. The van der Waals surface area contributed by atoms with Crippen LogP contribution in [0.3, 0.4) is 0 Å². The van der Waals surface area contributed by atoms with Crippen LogP contribution in [0.4, 0.5) is 0 Å². The monoisotopic (exact) mass is 1440 g/mol. The maximum atomic E-state index is 13.1. The summed E-state index contributed by atoms with van der Waals surface area (Å²) in [6, 6.07) is 0. The van der Waals surface area contributed by atoms with E-state index in [1.807, 2.05) is 30.4 Å². The lowest BCUT2D eigenvalue weighted by Crippen LogP contribution is -2.30. The van der Waals surface area contributed by atoms with Gasteiger partial charge in [0, 0.05) is 19.3 Å². The van der Waals surface area contributed by atoms with Crippen molar-refractivity contribution < 1.29 is 80.2 Å². The van der Waals surface area contributed by atoms with Crippen LogP contribution < -0.4 is 0 Å². The Morgan fingerprint density at radius 2 is 0.590 bits per heavy atom. The molecule has 17 nitrogen and oxygen atoms in total. The molecule has 0 aliphatic carbocycles. The standard InChI is InChI=1S/C81H132O17P2/c1-5-9-13-17-21-25-29-32-35-36-37-38-41-43-47-50-54-58-62-66-79(84)92-72-77(98-81(86)68-64-60-56-52-48-44-40-34-31-27-23-19-15-11-7-3)74-96-100(89,90)94-70-75(82)69-93-99(87,88)95-73-76(97-80(85)67-63-59-55-51-45-28-24-20-16-12-8-4)71-91-78(83)65-61-57-53-49-46-42-39-33-30-26-22-18-14-10-6-2/h9,11,13,15,20-21,23-25,27,32-35,37-40,43,47-48,52,54,58,60,64,75-77,82H,5-8,10,12,14,16-19,22,26,28-31,36,41-42,44-46,49-51,53,55-57,59,61-63,65-74H2,1-4H3,(H,87,88)(H,89,90)/b13-9-,15-11-,24-20-,25-21-,27-23-,35-32-,38-37-,39-33-,40-34-,47-43-,52-48-,58-54-,64-60-. The Morgan fingerprint density at radius 3 is 0.980 bits per heavy atom. The van der Waals surface area contributed by atoms with Crippen LogP contribution in [0.25, 0.3) is 0 Å². The van der Waals surface area contributed by atoms with E-state index in [0.717, 1.165) is 135 Å². The van der Waals surface area contributed by atoms with Crippen LogP contribution in [0, 0.1) is 0 Å². The molecule has 0 saturated heterocycles. The molecule has 0 bridgehead atoms. The highest BCUT2D eigenvalue weighted by molar-refractivity contribution is 7.47. The molecule has 3 N–H and O–H groups in total. The molecular weight excluding hydrogens is 1310 g/mol. The van der Waals surface area contributed by atoms with Gasteiger partial charge in [0.05, 0.1) is 32.8 Å². The first-order valence-corrected chi connectivity index (χ1v) is 40.7. The number of phosphoric ester groups is 2. The van der Waals surface area contributed by atoms with Crippen LogP contribution in [-0.4, -0.2) is 96.7 Å². The average molecular weight is 1440 g/mol. The Kier molecular flexibility index (Phi) is 68.2. The number of rotatable bonds is 69. The van der Waals surface area contributed by atoms with Gasteiger partial charge in [0.1, 0.15) is 19.3 Å². The summed E-state index contributed by atoms with van der Waals surface area (Å²) in [7, 11) is -10.0. The van der Waals surface area contributed by atoms with Crippen molar-refractivity contribution in [2.24, 2.45) is 0 Å². The van der Waals surface area contributed by atoms with Crippen LogP contribution in [0.2, 0.25) is 0 Å². The van der Waals surface area contributed by atoms with E-state index in [4.69, 9.17) is 37.0 Å². The maximum absolute atomic E-state index is 13.1. The first kappa shape index (κ1) is 94.7. The van der Waals surface area contributed by atoms with Gasteiger partial charge < -0.3 is 33.8 Å². The van der Waals surface area contributed by atoms with E-state index in [-0.39, 0.29) is 25.7 Å². The minimum atomic E-state index is -5.02. The second kappa shape index (κ2) is 72.0. The first-order chi connectivity index (χ1) is 48.7. The van der Waals surface area contributed by atoms with Crippen molar-refractivity contribution in [3.63, 3.8) is 0 Å². The second-order valence-electron chi connectivity index (χ2n) is 24.5. The smallest absolute Gasteiger partial charge is 0.462 e. The zero-order valence-electron chi connectivity index (χ0n) is 61.8. The largest absolute Gasteiger partial charge is 0.472 e. The summed E-state index contributed by atoms with van der Waals surface area (Å²) >= 11 is 0. The highest BCUT2D eigenvalue weighted by atomic mass is 31.2. The summed E-state index contributed by atoms with van der Waals surface area (Å²) < 4.78 is 68.2. The molecule has 100 heavy (non-hydrogen) atoms. The molecule has 0 heterocycles. The molecule has 0 rings (SSSR count).